The monoisotopic (exact) mass is 297 g/mol. The van der Waals surface area contributed by atoms with Crippen LogP contribution in [-0.2, 0) is 4.43 Å². The third kappa shape index (κ3) is 6.13. The highest BCUT2D eigenvalue weighted by atomic mass is 28.2. The molecule has 0 aromatic heterocycles. The Morgan fingerprint density at radius 1 is 1.20 bits per heavy atom. The second-order valence-electron chi connectivity index (χ2n) is 4.77. The molecule has 2 atom stereocenters. The Balaban J connectivity index is 2.30. The summed E-state index contributed by atoms with van der Waals surface area (Å²) in [6.45, 7) is 1.14. The quantitative estimate of drug-likeness (QED) is 0.356. The molecule has 3 N–H and O–H groups in total. The highest BCUT2D eigenvalue weighted by Crippen LogP contribution is 2.19. The molecule has 1 aromatic carbocycles. The lowest BCUT2D eigenvalue weighted by molar-refractivity contribution is -0.180. The van der Waals surface area contributed by atoms with Gasteiger partial charge in [-0.05, 0) is 38.5 Å². The zero-order valence-electron chi connectivity index (χ0n) is 11.9. The molecule has 0 fully saturated rings. The smallest absolute Gasteiger partial charge is 0.256 e. The van der Waals surface area contributed by atoms with Crippen molar-refractivity contribution >= 4 is 9.76 Å². The van der Waals surface area contributed by atoms with E-state index in [4.69, 9.17) is 10.2 Å². The van der Waals surface area contributed by atoms with Gasteiger partial charge in [-0.1, -0.05) is 30.3 Å². The van der Waals surface area contributed by atoms with E-state index in [0.717, 1.165) is 24.6 Å². The summed E-state index contributed by atoms with van der Waals surface area (Å²) >= 11 is 0. The summed E-state index contributed by atoms with van der Waals surface area (Å²) in [5.41, 5.74) is 0.917. The number of rotatable bonds is 9. The standard InChI is InChI=1S/C14H23NO4Si/c1-11(13(16)12-7-4-3-5-8-12)15(2)9-6-10-20-19-14(17)18/h3-5,7-8,11,13-14,16-18H,6,9-10H2,1-2H3/t11-,13-/m0/s1. The van der Waals surface area contributed by atoms with E-state index in [1.54, 1.807) is 0 Å². The van der Waals surface area contributed by atoms with Crippen molar-refractivity contribution < 1.29 is 19.7 Å². The fraction of sp³-hybridized carbons (Fsp3) is 0.571. The van der Waals surface area contributed by atoms with Crippen LogP contribution in [0.1, 0.15) is 25.0 Å². The first-order valence-electron chi connectivity index (χ1n) is 6.70. The third-order valence-corrected chi connectivity index (χ3v) is 4.21. The van der Waals surface area contributed by atoms with Crippen molar-refractivity contribution in [2.24, 2.45) is 0 Å². The van der Waals surface area contributed by atoms with Gasteiger partial charge in [0.1, 0.15) is 0 Å². The third-order valence-electron chi connectivity index (χ3n) is 3.27. The summed E-state index contributed by atoms with van der Waals surface area (Å²) in [4.78, 5) is 2.09. The van der Waals surface area contributed by atoms with Crippen LogP contribution in [0.3, 0.4) is 0 Å². The highest BCUT2D eigenvalue weighted by Gasteiger charge is 2.19. The van der Waals surface area contributed by atoms with Gasteiger partial charge in [-0.15, -0.1) is 0 Å². The molecule has 0 saturated carbocycles. The van der Waals surface area contributed by atoms with Crippen LogP contribution in [-0.4, -0.2) is 56.1 Å². The molecular formula is C14H23NO4Si. The zero-order chi connectivity index (χ0) is 15.0. The largest absolute Gasteiger partial charge is 0.387 e. The van der Waals surface area contributed by atoms with Crippen LogP contribution in [0.4, 0.5) is 0 Å². The number of likely N-dealkylation sites (N-methyl/N-ethyl adjacent to an activating group) is 1. The molecule has 0 aliphatic rings. The van der Waals surface area contributed by atoms with Gasteiger partial charge in [0, 0.05) is 6.04 Å². The van der Waals surface area contributed by atoms with E-state index in [1.807, 2.05) is 44.3 Å². The Labute approximate surface area is 122 Å². The predicted octanol–water partition coefficient (Wildman–Crippen LogP) is 0.753. The van der Waals surface area contributed by atoms with Crippen LogP contribution in [0.5, 0.6) is 0 Å². The Morgan fingerprint density at radius 2 is 1.85 bits per heavy atom. The molecule has 6 heteroatoms. The van der Waals surface area contributed by atoms with E-state index in [2.05, 4.69) is 9.33 Å². The van der Waals surface area contributed by atoms with Crippen molar-refractivity contribution in [3.8, 4) is 0 Å². The first kappa shape index (κ1) is 17.3. The summed E-state index contributed by atoms with van der Waals surface area (Å²) in [7, 11) is 2.06. The number of aliphatic hydroxyl groups excluding tert-OH is 2. The van der Waals surface area contributed by atoms with E-state index in [0.29, 0.717) is 0 Å². The van der Waals surface area contributed by atoms with Crippen LogP contribution < -0.4 is 0 Å². The minimum Gasteiger partial charge on any atom is -0.387 e. The van der Waals surface area contributed by atoms with E-state index < -0.39 is 12.6 Å². The first-order valence-corrected chi connectivity index (χ1v) is 7.82. The summed E-state index contributed by atoms with van der Waals surface area (Å²) in [6.07, 6.45) is 0.368. The Morgan fingerprint density at radius 3 is 2.45 bits per heavy atom. The molecule has 0 bridgehead atoms. The molecular weight excluding hydrogens is 274 g/mol. The predicted molar refractivity (Wildman–Crippen MR) is 78.0 cm³/mol. The minimum atomic E-state index is -1.68. The minimum absolute atomic E-state index is 0.0186. The second-order valence-corrected chi connectivity index (χ2v) is 5.79. The molecule has 5 nitrogen and oxygen atoms in total. The molecule has 1 aromatic rings. The maximum absolute atomic E-state index is 10.3. The van der Waals surface area contributed by atoms with Gasteiger partial charge in [0.05, 0.1) is 6.10 Å². The Bertz CT molecular complexity index is 363. The summed E-state index contributed by atoms with van der Waals surface area (Å²) in [5, 5.41) is 27.4. The van der Waals surface area contributed by atoms with E-state index in [-0.39, 0.29) is 15.8 Å². The number of hydrogen-bond acceptors (Lipinski definition) is 5. The van der Waals surface area contributed by atoms with Crippen molar-refractivity contribution in [2.45, 2.75) is 38.0 Å². The molecule has 0 amide bonds. The van der Waals surface area contributed by atoms with Gasteiger partial charge in [-0.3, -0.25) is 0 Å². The Kier molecular flexibility index (Phi) is 7.97. The van der Waals surface area contributed by atoms with Crippen LogP contribution in [0.2, 0.25) is 6.04 Å². The number of aliphatic hydroxyl groups is 3. The van der Waals surface area contributed by atoms with Gasteiger partial charge in [-0.2, -0.15) is 0 Å². The van der Waals surface area contributed by atoms with E-state index >= 15 is 0 Å². The average molecular weight is 297 g/mol. The van der Waals surface area contributed by atoms with E-state index in [1.165, 1.54) is 0 Å². The number of nitrogens with zero attached hydrogens (tertiary/aromatic N) is 1. The molecule has 20 heavy (non-hydrogen) atoms. The molecule has 0 saturated heterocycles. The van der Waals surface area contributed by atoms with Crippen molar-refractivity contribution in [3.63, 3.8) is 0 Å². The first-order chi connectivity index (χ1) is 9.52. The van der Waals surface area contributed by atoms with Gasteiger partial charge < -0.3 is 24.6 Å². The fourth-order valence-corrected chi connectivity index (χ4v) is 2.48. The maximum atomic E-state index is 10.3. The fourth-order valence-electron chi connectivity index (χ4n) is 1.91. The lowest BCUT2D eigenvalue weighted by Gasteiger charge is -2.29. The zero-order valence-corrected chi connectivity index (χ0v) is 12.9. The van der Waals surface area contributed by atoms with Gasteiger partial charge in [-0.25, -0.2) is 0 Å². The van der Waals surface area contributed by atoms with Crippen molar-refractivity contribution in [2.75, 3.05) is 13.6 Å². The lowest BCUT2D eigenvalue weighted by atomic mass is 10.0. The van der Waals surface area contributed by atoms with Crippen molar-refractivity contribution in [1.29, 1.82) is 0 Å². The van der Waals surface area contributed by atoms with Crippen LogP contribution >= 0.6 is 0 Å². The molecule has 0 aliphatic heterocycles. The molecule has 0 spiro atoms. The van der Waals surface area contributed by atoms with Crippen LogP contribution in [0.25, 0.3) is 0 Å². The topological polar surface area (TPSA) is 73.2 Å². The van der Waals surface area contributed by atoms with Gasteiger partial charge >= 0.3 is 0 Å². The van der Waals surface area contributed by atoms with Crippen LogP contribution in [0.15, 0.2) is 30.3 Å². The summed E-state index contributed by atoms with van der Waals surface area (Å²) in [5.74, 6) is 0. The summed E-state index contributed by atoms with van der Waals surface area (Å²) < 4.78 is 4.67. The van der Waals surface area contributed by atoms with Gasteiger partial charge in [0.2, 0.25) is 9.76 Å². The average Bonchev–Trinajstić information content (AvgIpc) is 2.45. The molecule has 0 heterocycles. The van der Waals surface area contributed by atoms with Gasteiger partial charge in [0.15, 0.2) is 0 Å². The van der Waals surface area contributed by atoms with Crippen LogP contribution in [0, 0.1) is 0 Å². The molecule has 1 rings (SSSR count). The molecule has 0 unspecified atom stereocenters. The van der Waals surface area contributed by atoms with E-state index in [9.17, 15) is 5.11 Å². The second kappa shape index (κ2) is 9.22. The number of hydrogen-bond donors (Lipinski definition) is 3. The normalized spacial score (nSPS) is 14.8. The molecule has 112 valence electrons. The summed E-state index contributed by atoms with van der Waals surface area (Å²) in [6, 6.07) is 10.4. The maximum Gasteiger partial charge on any atom is 0.256 e. The Hall–Kier alpha value is -0.763. The van der Waals surface area contributed by atoms with Crippen molar-refractivity contribution in [1.82, 2.24) is 4.90 Å². The molecule has 0 aliphatic carbocycles. The lowest BCUT2D eigenvalue weighted by Crippen LogP contribution is -2.35. The number of benzene rings is 1. The van der Waals surface area contributed by atoms with Crippen molar-refractivity contribution in [3.05, 3.63) is 35.9 Å². The van der Waals surface area contributed by atoms with Gasteiger partial charge in [0.25, 0.3) is 6.48 Å². The molecule has 2 radical (unpaired) electrons. The SMILES string of the molecule is C[C@@H]([C@H](O)c1ccccc1)N(C)CCC[Si]OC(O)O. The highest BCUT2D eigenvalue weighted by molar-refractivity contribution is 6.26.